The van der Waals surface area contributed by atoms with Crippen LogP contribution in [-0.2, 0) is 31.9 Å². The summed E-state index contributed by atoms with van der Waals surface area (Å²) in [5, 5.41) is 12.4. The molecule has 0 aliphatic rings. The number of aromatic hydroxyl groups is 1. The van der Waals surface area contributed by atoms with Gasteiger partial charge in [-0.15, -0.1) is 23.8 Å². The summed E-state index contributed by atoms with van der Waals surface area (Å²) >= 11 is 0. The summed E-state index contributed by atoms with van der Waals surface area (Å²) in [5.74, 6) is 0.526. The van der Waals surface area contributed by atoms with Crippen molar-refractivity contribution in [3.63, 3.8) is 0 Å². The van der Waals surface area contributed by atoms with Crippen LogP contribution in [0.2, 0.25) is 0 Å². The molecule has 0 saturated carbocycles. The van der Waals surface area contributed by atoms with Crippen LogP contribution in [0.3, 0.4) is 0 Å². The molecule has 10 rings (SSSR count). The zero-order chi connectivity index (χ0) is 49.8. The number of imidazole rings is 1. The second-order valence-corrected chi connectivity index (χ2v) is 19.8. The van der Waals surface area contributed by atoms with Crippen LogP contribution in [0, 0.1) is 19.8 Å². The first-order valence-corrected chi connectivity index (χ1v) is 23.3. The number of rotatable bonds is 8. The van der Waals surface area contributed by atoms with Crippen molar-refractivity contribution < 1.29 is 30.3 Å². The Labute approximate surface area is 425 Å². The molecule has 0 aliphatic heterocycles. The summed E-state index contributed by atoms with van der Waals surface area (Å²) in [7, 11) is 0. The summed E-state index contributed by atoms with van der Waals surface area (Å²) in [6.45, 7) is 12.3. The summed E-state index contributed by atoms with van der Waals surface area (Å²) in [6.07, 6.45) is 1.84. The first-order valence-electron chi connectivity index (χ1n) is 24.8. The van der Waals surface area contributed by atoms with Crippen LogP contribution in [-0.4, -0.2) is 19.6 Å². The largest absolute Gasteiger partial charge is 0.507 e. The molecular formula is C64H56N3OPt-. The van der Waals surface area contributed by atoms with Crippen molar-refractivity contribution in [1.29, 1.82) is 0 Å². The third-order valence-electron chi connectivity index (χ3n) is 12.9. The Morgan fingerprint density at radius 2 is 1.16 bits per heavy atom. The van der Waals surface area contributed by atoms with Crippen LogP contribution in [0.5, 0.6) is 5.75 Å². The predicted molar refractivity (Wildman–Crippen MR) is 284 cm³/mol. The van der Waals surface area contributed by atoms with E-state index in [1.807, 2.05) is 127 Å². The fourth-order valence-electron chi connectivity index (χ4n) is 9.53. The van der Waals surface area contributed by atoms with Crippen molar-refractivity contribution in [2.45, 2.75) is 66.1 Å². The molecule has 0 spiro atoms. The summed E-state index contributed by atoms with van der Waals surface area (Å²) in [6, 6.07) is 65.1. The van der Waals surface area contributed by atoms with Gasteiger partial charge < -0.3 is 5.11 Å². The average molecular weight is 1080 g/mol. The quantitative estimate of drug-likeness (QED) is 0.154. The van der Waals surface area contributed by atoms with Crippen LogP contribution in [0.4, 0.5) is 0 Å². The van der Waals surface area contributed by atoms with Crippen molar-refractivity contribution >= 4 is 11.0 Å². The summed E-state index contributed by atoms with van der Waals surface area (Å²) < 4.78 is 29.7. The van der Waals surface area contributed by atoms with E-state index in [-0.39, 0.29) is 37.8 Å². The van der Waals surface area contributed by atoms with Gasteiger partial charge in [0.05, 0.1) is 22.3 Å². The standard InChI is InChI=1S/C64H56N3O.Pt/c1-41-34-53(61(68)55(35-41)64(6,7)8)62-66-60-52(49-37-48(44-22-14-10-15-23-44)38-50(39-49)56-40-46(32-33-65-56)43-20-12-9-13-21-43)27-19-29-58(60)67(62)57-31-30-47(36-42(57)2)59-51(45-24-16-11-17-25-45)26-18-28-54(59)63(3,4)5;/h9-38,40,68H,1-8H3;/q-1;/i2D3;. The van der Waals surface area contributed by atoms with Crippen LogP contribution in [0.1, 0.15) is 67.9 Å². The Hall–Kier alpha value is -7.13. The molecule has 69 heavy (non-hydrogen) atoms. The summed E-state index contributed by atoms with van der Waals surface area (Å²) in [5.41, 5.74) is 15.7. The molecule has 0 radical (unpaired) electrons. The molecule has 0 atom stereocenters. The minimum absolute atomic E-state index is 0. The molecule has 344 valence electrons. The second-order valence-electron chi connectivity index (χ2n) is 19.8. The van der Waals surface area contributed by atoms with Gasteiger partial charge in [0.25, 0.3) is 0 Å². The normalized spacial score (nSPS) is 12.5. The number of nitrogens with zero attached hydrogens (tertiary/aromatic N) is 3. The number of aryl methyl sites for hydroxylation is 2. The first-order chi connectivity index (χ1) is 33.9. The van der Waals surface area contributed by atoms with Crippen LogP contribution >= 0.6 is 0 Å². The number of aromatic nitrogens is 3. The van der Waals surface area contributed by atoms with E-state index in [9.17, 15) is 9.22 Å². The molecule has 10 aromatic rings. The van der Waals surface area contributed by atoms with Gasteiger partial charge in [-0.3, -0.25) is 9.55 Å². The van der Waals surface area contributed by atoms with Gasteiger partial charge in [0, 0.05) is 42.6 Å². The van der Waals surface area contributed by atoms with Crippen molar-refractivity contribution in [2.24, 2.45) is 0 Å². The van der Waals surface area contributed by atoms with Crippen molar-refractivity contribution in [3.8, 4) is 89.7 Å². The van der Waals surface area contributed by atoms with E-state index >= 15 is 0 Å². The van der Waals surface area contributed by atoms with Gasteiger partial charge in [0.2, 0.25) is 0 Å². The number of fused-ring (bicyclic) bond motifs is 1. The molecule has 0 aliphatic carbocycles. The van der Waals surface area contributed by atoms with E-state index in [2.05, 4.69) is 120 Å². The van der Waals surface area contributed by atoms with Gasteiger partial charge in [0.15, 0.2) is 0 Å². The SMILES string of the molecule is [2H]C([2H])([2H])c1cc(-c2c(-c3ccccc3)cccc2C(C)(C)C)ccc1-n1c(-c2cc(C)cc(C(C)(C)C)c2O)nc2c(-c3[c-]c(-c4cc(-c5ccccc5)ccn4)cc(-c4ccccc4)c3)cccc21.[Pt]. The number of hydrogen-bond acceptors (Lipinski definition) is 3. The molecule has 4 nitrogen and oxygen atoms in total. The average Bonchev–Trinajstić information content (AvgIpc) is 3.76. The number of para-hydroxylation sites is 1. The Bertz CT molecular complexity index is 3610. The topological polar surface area (TPSA) is 50.9 Å². The zero-order valence-electron chi connectivity index (χ0n) is 43.0. The molecule has 1 N–H and O–H groups in total. The molecule has 0 unspecified atom stereocenters. The van der Waals surface area contributed by atoms with E-state index in [4.69, 9.17) is 9.97 Å². The van der Waals surface area contributed by atoms with Crippen molar-refractivity contribution in [1.82, 2.24) is 14.5 Å². The molecule has 0 bridgehead atoms. The van der Waals surface area contributed by atoms with Gasteiger partial charge in [-0.2, -0.15) is 0 Å². The zero-order valence-corrected chi connectivity index (χ0v) is 42.3. The van der Waals surface area contributed by atoms with Crippen LogP contribution in [0.15, 0.2) is 188 Å². The fourth-order valence-corrected chi connectivity index (χ4v) is 9.53. The molecule has 8 aromatic carbocycles. The second kappa shape index (κ2) is 18.7. The van der Waals surface area contributed by atoms with E-state index in [1.165, 1.54) is 0 Å². The summed E-state index contributed by atoms with van der Waals surface area (Å²) in [4.78, 5) is 10.4. The molecule has 5 heteroatoms. The minimum Gasteiger partial charge on any atom is -0.507 e. The maximum atomic E-state index is 12.4. The van der Waals surface area contributed by atoms with Crippen molar-refractivity contribution in [2.75, 3.05) is 0 Å². The van der Waals surface area contributed by atoms with Gasteiger partial charge in [-0.05, 0) is 111 Å². The molecule has 2 heterocycles. The van der Waals surface area contributed by atoms with E-state index < -0.39 is 12.3 Å². The molecule has 2 aromatic heterocycles. The van der Waals surface area contributed by atoms with E-state index in [0.717, 1.165) is 83.6 Å². The molecule has 0 fully saturated rings. The Balaban J connectivity index is 0.00000640. The smallest absolute Gasteiger partial charge is 0.148 e. The third-order valence-corrected chi connectivity index (χ3v) is 12.9. The predicted octanol–water partition coefficient (Wildman–Crippen LogP) is 16.8. The fraction of sp³-hybridized carbons (Fsp3) is 0.156. The van der Waals surface area contributed by atoms with Crippen molar-refractivity contribution in [3.05, 3.63) is 217 Å². The number of phenols is 1. The van der Waals surface area contributed by atoms with Gasteiger partial charge >= 0.3 is 0 Å². The van der Waals surface area contributed by atoms with E-state index in [0.29, 0.717) is 28.1 Å². The third kappa shape index (κ3) is 9.15. The number of pyridine rings is 1. The van der Waals surface area contributed by atoms with E-state index in [1.54, 1.807) is 0 Å². The molecular weight excluding hydrogens is 1020 g/mol. The Morgan fingerprint density at radius 1 is 0.536 bits per heavy atom. The van der Waals surface area contributed by atoms with Gasteiger partial charge in [-0.1, -0.05) is 198 Å². The maximum absolute atomic E-state index is 12.4. The Morgan fingerprint density at radius 3 is 1.83 bits per heavy atom. The minimum atomic E-state index is -2.56. The maximum Gasteiger partial charge on any atom is 0.148 e. The first kappa shape index (κ1) is 43.2. The van der Waals surface area contributed by atoms with Crippen LogP contribution < -0.4 is 0 Å². The monoisotopic (exact) mass is 1080 g/mol. The van der Waals surface area contributed by atoms with Crippen LogP contribution in [0.25, 0.3) is 95.0 Å². The molecule has 0 amide bonds. The molecule has 0 saturated heterocycles. The number of phenolic OH excluding ortho intramolecular Hbond substituents is 1. The number of benzene rings is 8. The Kier molecular flexibility index (Phi) is 11.7. The number of hydrogen-bond donors (Lipinski definition) is 1. The van der Waals surface area contributed by atoms with Gasteiger partial charge in [0.1, 0.15) is 11.6 Å². The van der Waals surface area contributed by atoms with Gasteiger partial charge in [-0.25, -0.2) is 4.98 Å².